The van der Waals surface area contributed by atoms with Gasteiger partial charge in [0.25, 0.3) is 0 Å². The van der Waals surface area contributed by atoms with Crippen LogP contribution < -0.4 is 5.32 Å². The van der Waals surface area contributed by atoms with Crippen molar-refractivity contribution in [2.45, 2.75) is 19.1 Å². The molecule has 0 amide bonds. The molecule has 1 aromatic carbocycles. The summed E-state index contributed by atoms with van der Waals surface area (Å²) in [4.78, 5) is 16.2. The van der Waals surface area contributed by atoms with Crippen LogP contribution in [0.1, 0.15) is 17.7 Å². The van der Waals surface area contributed by atoms with Crippen molar-refractivity contribution in [3.8, 4) is 11.3 Å². The Balaban J connectivity index is 1.54. The third kappa shape index (κ3) is 6.60. The highest BCUT2D eigenvalue weighted by Crippen LogP contribution is 2.27. The van der Waals surface area contributed by atoms with Gasteiger partial charge in [0.15, 0.2) is 0 Å². The van der Waals surface area contributed by atoms with Crippen LogP contribution in [0.15, 0.2) is 84.4 Å². The van der Waals surface area contributed by atoms with Gasteiger partial charge >= 0.3 is 6.18 Å². The smallest absolute Gasteiger partial charge is 0.365 e. The topological polar surface area (TPSA) is 63.1 Å². The zero-order valence-corrected chi connectivity index (χ0v) is 19.3. The Morgan fingerprint density at radius 1 is 1.03 bits per heavy atom. The summed E-state index contributed by atoms with van der Waals surface area (Å²) in [6, 6.07) is 10.9. The summed E-state index contributed by atoms with van der Waals surface area (Å²) in [6.45, 7) is 3.38. The van der Waals surface area contributed by atoms with E-state index in [1.165, 1.54) is 36.7 Å². The number of nitrogens with zero attached hydrogens (tertiary/aromatic N) is 4. The molecule has 4 rings (SSSR count). The van der Waals surface area contributed by atoms with Gasteiger partial charge in [-0.25, -0.2) is 13.8 Å². The molecule has 188 valence electrons. The zero-order chi connectivity index (χ0) is 26.4. The number of nitrogens with one attached hydrogen (secondary N) is 1. The first-order valence-corrected chi connectivity index (χ1v) is 11.0. The average Bonchev–Trinajstić information content (AvgIpc) is 2.87. The molecule has 0 saturated heterocycles. The standard InChI is InChI=1S/C27H20F5N5/c1-33-9-6-18(5-8-27(30,31)32)25-23(29)11-17(14-36-25)15-37-26-22-16-35-24(13-19(22)7-10-34-26)20-3-2-4-21(28)12-20/h2-7,9-14,16H,1,8,15H2,(H,34,37)/b9-6-,18-5+. The van der Waals surface area contributed by atoms with E-state index in [-0.39, 0.29) is 23.6 Å². The highest BCUT2D eigenvalue weighted by molar-refractivity contribution is 5.93. The SMILES string of the molecule is C=N/C=C\C(=C/CC(F)(F)F)c1ncc(CNc2nccc3cc(-c4cccc(F)c4)ncc23)cc1F. The minimum absolute atomic E-state index is 0.0577. The molecule has 0 radical (unpaired) electrons. The maximum Gasteiger partial charge on any atom is 0.392 e. The second-order valence-electron chi connectivity index (χ2n) is 7.97. The van der Waals surface area contributed by atoms with Gasteiger partial charge in [-0.2, -0.15) is 13.2 Å². The normalized spacial score (nSPS) is 12.3. The number of aliphatic imine (C=N–C) groups is 1. The number of aromatic nitrogens is 3. The van der Waals surface area contributed by atoms with Crippen molar-refractivity contribution in [1.29, 1.82) is 0 Å². The summed E-state index contributed by atoms with van der Waals surface area (Å²) >= 11 is 0. The first kappa shape index (κ1) is 25.6. The molecule has 0 aliphatic carbocycles. The molecule has 1 N–H and O–H groups in total. The Hall–Kier alpha value is -4.47. The Morgan fingerprint density at radius 2 is 1.86 bits per heavy atom. The number of anilines is 1. The summed E-state index contributed by atoms with van der Waals surface area (Å²) in [5.41, 5.74) is 1.40. The third-order valence-corrected chi connectivity index (χ3v) is 5.31. The van der Waals surface area contributed by atoms with Crippen LogP contribution in [0, 0.1) is 11.6 Å². The lowest BCUT2D eigenvalue weighted by atomic mass is 10.1. The Labute approximate surface area is 209 Å². The zero-order valence-electron chi connectivity index (χ0n) is 19.3. The number of allylic oxidation sites excluding steroid dienone is 3. The van der Waals surface area contributed by atoms with Crippen LogP contribution in [0.2, 0.25) is 0 Å². The van der Waals surface area contributed by atoms with E-state index < -0.39 is 18.4 Å². The summed E-state index contributed by atoms with van der Waals surface area (Å²) in [5.74, 6) is -0.653. The van der Waals surface area contributed by atoms with Crippen LogP contribution in [0.3, 0.4) is 0 Å². The summed E-state index contributed by atoms with van der Waals surface area (Å²) in [7, 11) is 0. The number of benzene rings is 1. The van der Waals surface area contributed by atoms with Crippen LogP contribution in [-0.2, 0) is 6.54 Å². The second-order valence-corrected chi connectivity index (χ2v) is 7.97. The molecule has 37 heavy (non-hydrogen) atoms. The molecule has 0 aliphatic rings. The van der Waals surface area contributed by atoms with Gasteiger partial charge in [-0.15, -0.1) is 0 Å². The Kier molecular flexibility index (Phi) is 7.66. The van der Waals surface area contributed by atoms with Crippen molar-refractivity contribution < 1.29 is 22.0 Å². The molecule has 0 aliphatic heterocycles. The number of pyridine rings is 3. The fourth-order valence-electron chi connectivity index (χ4n) is 3.59. The van der Waals surface area contributed by atoms with Crippen LogP contribution in [-0.4, -0.2) is 27.8 Å². The summed E-state index contributed by atoms with van der Waals surface area (Å²) in [5, 5.41) is 4.62. The van der Waals surface area contributed by atoms with E-state index >= 15 is 0 Å². The number of rotatable bonds is 8. The van der Waals surface area contributed by atoms with E-state index in [4.69, 9.17) is 0 Å². The minimum Gasteiger partial charge on any atom is -0.365 e. The lowest BCUT2D eigenvalue weighted by Crippen LogP contribution is -2.06. The molecule has 4 aromatic rings. The van der Waals surface area contributed by atoms with Gasteiger partial charge in [0.1, 0.15) is 23.1 Å². The van der Waals surface area contributed by atoms with Crippen LogP contribution in [0.5, 0.6) is 0 Å². The number of halogens is 5. The molecule has 0 fully saturated rings. The monoisotopic (exact) mass is 509 g/mol. The minimum atomic E-state index is -4.45. The number of fused-ring (bicyclic) bond motifs is 1. The van der Waals surface area contributed by atoms with E-state index in [1.54, 1.807) is 30.6 Å². The Bertz CT molecular complexity index is 1490. The van der Waals surface area contributed by atoms with Crippen LogP contribution in [0.25, 0.3) is 27.6 Å². The largest absolute Gasteiger partial charge is 0.392 e. The maximum absolute atomic E-state index is 14.8. The summed E-state index contributed by atoms with van der Waals surface area (Å²) < 4.78 is 66.4. The van der Waals surface area contributed by atoms with E-state index in [0.29, 0.717) is 28.0 Å². The highest BCUT2D eigenvalue weighted by atomic mass is 19.4. The number of hydrogen-bond acceptors (Lipinski definition) is 5. The highest BCUT2D eigenvalue weighted by Gasteiger charge is 2.25. The fourth-order valence-corrected chi connectivity index (χ4v) is 3.59. The maximum atomic E-state index is 14.8. The predicted octanol–water partition coefficient (Wildman–Crippen LogP) is 7.13. The Morgan fingerprint density at radius 3 is 2.59 bits per heavy atom. The number of alkyl halides is 3. The van der Waals surface area contributed by atoms with Crippen molar-refractivity contribution in [1.82, 2.24) is 15.0 Å². The van der Waals surface area contributed by atoms with Gasteiger partial charge in [0.2, 0.25) is 0 Å². The van der Waals surface area contributed by atoms with Crippen molar-refractivity contribution >= 4 is 28.9 Å². The van der Waals surface area contributed by atoms with Crippen molar-refractivity contribution in [3.63, 3.8) is 0 Å². The van der Waals surface area contributed by atoms with Gasteiger partial charge in [-0.3, -0.25) is 15.0 Å². The molecule has 5 nitrogen and oxygen atoms in total. The fraction of sp³-hybridized carbons (Fsp3) is 0.111. The summed E-state index contributed by atoms with van der Waals surface area (Å²) in [6.07, 6.45) is 2.12. The van der Waals surface area contributed by atoms with Gasteiger partial charge in [0.05, 0.1) is 12.1 Å². The average molecular weight is 509 g/mol. The van der Waals surface area contributed by atoms with E-state index in [1.807, 2.05) is 6.07 Å². The van der Waals surface area contributed by atoms with Crippen LogP contribution >= 0.6 is 0 Å². The van der Waals surface area contributed by atoms with Gasteiger partial charge in [-0.1, -0.05) is 18.2 Å². The first-order chi connectivity index (χ1) is 17.7. The van der Waals surface area contributed by atoms with Crippen molar-refractivity contribution in [2.75, 3.05) is 5.32 Å². The van der Waals surface area contributed by atoms with Gasteiger partial charge < -0.3 is 5.32 Å². The quantitative estimate of drug-likeness (QED) is 0.156. The molecular formula is C27H20F5N5. The van der Waals surface area contributed by atoms with Gasteiger partial charge in [-0.05, 0) is 54.1 Å². The predicted molar refractivity (Wildman–Crippen MR) is 134 cm³/mol. The number of hydrogen-bond donors (Lipinski definition) is 1. The molecule has 10 heteroatoms. The van der Waals surface area contributed by atoms with E-state index in [0.717, 1.165) is 11.5 Å². The van der Waals surface area contributed by atoms with Crippen LogP contribution in [0.4, 0.5) is 27.8 Å². The van der Waals surface area contributed by atoms with Gasteiger partial charge in [0, 0.05) is 47.9 Å². The van der Waals surface area contributed by atoms with E-state index in [9.17, 15) is 22.0 Å². The molecular weight excluding hydrogens is 489 g/mol. The molecule has 0 atom stereocenters. The lowest BCUT2D eigenvalue weighted by molar-refractivity contribution is -0.124. The van der Waals surface area contributed by atoms with Crippen molar-refractivity contribution in [2.24, 2.45) is 4.99 Å². The first-order valence-electron chi connectivity index (χ1n) is 11.0. The molecule has 0 spiro atoms. The second kappa shape index (κ2) is 11.1. The molecule has 3 heterocycles. The molecule has 3 aromatic heterocycles. The molecule has 0 bridgehead atoms. The third-order valence-electron chi connectivity index (χ3n) is 5.31. The lowest BCUT2D eigenvalue weighted by Gasteiger charge is -2.11. The molecule has 0 saturated carbocycles. The molecule has 0 unspecified atom stereocenters. The van der Waals surface area contributed by atoms with E-state index in [2.05, 4.69) is 32.0 Å². The van der Waals surface area contributed by atoms with Crippen molar-refractivity contribution in [3.05, 3.63) is 102 Å².